The van der Waals surface area contributed by atoms with Crippen LogP contribution in [0.2, 0.25) is 0 Å². The zero-order valence-corrected chi connectivity index (χ0v) is 10.7. The Bertz CT molecular complexity index is 356. The highest BCUT2D eigenvalue weighted by Gasteiger charge is 2.33. The molecule has 1 aromatic rings. The number of nitrogens with one attached hydrogen (secondary N) is 2. The van der Waals surface area contributed by atoms with Gasteiger partial charge in [0.2, 0.25) is 0 Å². The van der Waals surface area contributed by atoms with Gasteiger partial charge in [-0.1, -0.05) is 6.92 Å². The first-order valence-corrected chi connectivity index (χ1v) is 6.45. The molecule has 0 saturated heterocycles. The molecule has 0 aliphatic heterocycles. The predicted molar refractivity (Wildman–Crippen MR) is 71.1 cm³/mol. The fourth-order valence-corrected chi connectivity index (χ4v) is 1.82. The van der Waals surface area contributed by atoms with E-state index >= 15 is 0 Å². The summed E-state index contributed by atoms with van der Waals surface area (Å²) in [6.45, 7) is 7.02. The lowest BCUT2D eigenvalue weighted by Crippen LogP contribution is -2.39. The maximum Gasteiger partial charge on any atom is 0.191 e. The zero-order valence-electron chi connectivity index (χ0n) is 10.7. The third kappa shape index (κ3) is 3.80. The van der Waals surface area contributed by atoms with Crippen molar-refractivity contribution in [2.45, 2.75) is 32.9 Å². The maximum absolute atomic E-state index is 4.58. The van der Waals surface area contributed by atoms with Crippen LogP contribution in [0.25, 0.3) is 0 Å². The van der Waals surface area contributed by atoms with E-state index in [0.29, 0.717) is 6.04 Å². The van der Waals surface area contributed by atoms with Crippen molar-refractivity contribution in [3.8, 4) is 0 Å². The smallest absolute Gasteiger partial charge is 0.191 e. The van der Waals surface area contributed by atoms with E-state index in [0.717, 1.165) is 31.5 Å². The molecule has 17 heavy (non-hydrogen) atoms. The number of hydrogen-bond acceptors (Lipinski definition) is 1. The highest BCUT2D eigenvalue weighted by molar-refractivity contribution is 5.80. The van der Waals surface area contributed by atoms with E-state index in [9.17, 15) is 0 Å². The molecular formula is C13H22N4. The Hall–Kier alpha value is -1.45. The van der Waals surface area contributed by atoms with Crippen molar-refractivity contribution in [1.82, 2.24) is 15.2 Å². The summed E-state index contributed by atoms with van der Waals surface area (Å²) in [5, 5.41) is 6.74. The standard InChI is InChI=1S/C13H22N4/c1-3-14-13(16-12-10-11(12)2)15-6-9-17-7-4-5-8-17/h4-5,7-8,11-12H,3,6,9-10H2,1-2H3,(H2,14,15,16). The second-order valence-electron chi connectivity index (χ2n) is 4.65. The Morgan fingerprint density at radius 3 is 2.71 bits per heavy atom. The predicted octanol–water partition coefficient (Wildman–Crippen LogP) is 1.45. The number of rotatable bonds is 5. The Morgan fingerprint density at radius 2 is 2.12 bits per heavy atom. The van der Waals surface area contributed by atoms with Crippen molar-refractivity contribution >= 4 is 5.96 Å². The molecule has 1 aromatic heterocycles. The Kier molecular flexibility index (Phi) is 4.07. The molecule has 1 aliphatic rings. The monoisotopic (exact) mass is 234 g/mol. The minimum Gasteiger partial charge on any atom is -0.357 e. The Morgan fingerprint density at radius 1 is 1.41 bits per heavy atom. The van der Waals surface area contributed by atoms with Gasteiger partial charge < -0.3 is 15.2 Å². The van der Waals surface area contributed by atoms with Crippen LogP contribution in [0.15, 0.2) is 29.5 Å². The SMILES string of the molecule is CCNC(=NCCn1cccc1)NC1CC1C. The average Bonchev–Trinajstić information content (AvgIpc) is 2.81. The first-order chi connectivity index (χ1) is 8.29. The van der Waals surface area contributed by atoms with E-state index < -0.39 is 0 Å². The minimum absolute atomic E-state index is 0.624. The third-order valence-corrected chi connectivity index (χ3v) is 3.07. The number of hydrogen-bond donors (Lipinski definition) is 2. The molecule has 1 saturated carbocycles. The number of aliphatic imine (C=N–C) groups is 1. The van der Waals surface area contributed by atoms with Gasteiger partial charge in [-0.15, -0.1) is 0 Å². The molecule has 2 unspecified atom stereocenters. The molecule has 4 heteroatoms. The van der Waals surface area contributed by atoms with Crippen LogP contribution in [-0.4, -0.2) is 29.7 Å². The van der Waals surface area contributed by atoms with Crippen LogP contribution < -0.4 is 10.6 Å². The van der Waals surface area contributed by atoms with Crippen LogP contribution in [-0.2, 0) is 6.54 Å². The second kappa shape index (κ2) is 5.75. The largest absolute Gasteiger partial charge is 0.357 e. The number of aromatic nitrogens is 1. The second-order valence-corrected chi connectivity index (χ2v) is 4.65. The van der Waals surface area contributed by atoms with Gasteiger partial charge in [-0.3, -0.25) is 4.99 Å². The summed E-state index contributed by atoms with van der Waals surface area (Å²) in [6.07, 6.45) is 5.40. The summed E-state index contributed by atoms with van der Waals surface area (Å²) in [4.78, 5) is 4.58. The van der Waals surface area contributed by atoms with Crippen molar-refractivity contribution in [2.75, 3.05) is 13.1 Å². The normalized spacial score (nSPS) is 23.5. The van der Waals surface area contributed by atoms with Crippen LogP contribution in [0.1, 0.15) is 20.3 Å². The highest BCUT2D eigenvalue weighted by atomic mass is 15.2. The number of guanidine groups is 1. The molecule has 2 atom stereocenters. The van der Waals surface area contributed by atoms with Crippen molar-refractivity contribution in [2.24, 2.45) is 10.9 Å². The van der Waals surface area contributed by atoms with Gasteiger partial charge in [-0.25, -0.2) is 0 Å². The van der Waals surface area contributed by atoms with Gasteiger partial charge in [-0.2, -0.15) is 0 Å². The van der Waals surface area contributed by atoms with Crippen LogP contribution in [0.5, 0.6) is 0 Å². The molecule has 1 fully saturated rings. The van der Waals surface area contributed by atoms with Crippen LogP contribution in [0.4, 0.5) is 0 Å². The number of nitrogens with zero attached hydrogens (tertiary/aromatic N) is 2. The van der Waals surface area contributed by atoms with E-state index in [-0.39, 0.29) is 0 Å². The molecule has 1 aliphatic carbocycles. The van der Waals surface area contributed by atoms with Crippen molar-refractivity contribution < 1.29 is 0 Å². The van der Waals surface area contributed by atoms with Crippen LogP contribution in [0, 0.1) is 5.92 Å². The van der Waals surface area contributed by atoms with Gasteiger partial charge in [0, 0.05) is 31.5 Å². The summed E-state index contributed by atoms with van der Waals surface area (Å²) in [5.41, 5.74) is 0. The average molecular weight is 234 g/mol. The first-order valence-electron chi connectivity index (χ1n) is 6.45. The topological polar surface area (TPSA) is 41.4 Å². The fraction of sp³-hybridized carbons (Fsp3) is 0.615. The van der Waals surface area contributed by atoms with E-state index in [2.05, 4.69) is 46.4 Å². The quantitative estimate of drug-likeness (QED) is 0.598. The molecule has 0 bridgehead atoms. The highest BCUT2D eigenvalue weighted by Crippen LogP contribution is 2.28. The van der Waals surface area contributed by atoms with E-state index in [1.54, 1.807) is 0 Å². The van der Waals surface area contributed by atoms with E-state index in [4.69, 9.17) is 0 Å². The van der Waals surface area contributed by atoms with Gasteiger partial charge in [0.1, 0.15) is 0 Å². The lowest BCUT2D eigenvalue weighted by molar-refractivity contribution is 0.699. The molecule has 1 heterocycles. The Labute approximate surface area is 103 Å². The fourth-order valence-electron chi connectivity index (χ4n) is 1.82. The molecule has 94 valence electrons. The van der Waals surface area contributed by atoms with E-state index in [1.807, 2.05) is 12.1 Å². The van der Waals surface area contributed by atoms with Gasteiger partial charge in [0.25, 0.3) is 0 Å². The molecule has 2 N–H and O–H groups in total. The summed E-state index contributed by atoms with van der Waals surface area (Å²) in [7, 11) is 0. The molecule has 0 aromatic carbocycles. The van der Waals surface area contributed by atoms with Gasteiger partial charge in [-0.05, 0) is 31.4 Å². The minimum atomic E-state index is 0.624. The molecular weight excluding hydrogens is 212 g/mol. The molecule has 0 radical (unpaired) electrons. The lowest BCUT2D eigenvalue weighted by Gasteiger charge is -2.10. The third-order valence-electron chi connectivity index (χ3n) is 3.07. The van der Waals surface area contributed by atoms with Crippen molar-refractivity contribution in [3.05, 3.63) is 24.5 Å². The van der Waals surface area contributed by atoms with Crippen LogP contribution in [0.3, 0.4) is 0 Å². The van der Waals surface area contributed by atoms with Gasteiger partial charge >= 0.3 is 0 Å². The molecule has 0 spiro atoms. The molecule has 2 rings (SSSR count). The molecule has 4 nitrogen and oxygen atoms in total. The zero-order chi connectivity index (χ0) is 12.1. The van der Waals surface area contributed by atoms with Crippen LogP contribution >= 0.6 is 0 Å². The van der Waals surface area contributed by atoms with Crippen molar-refractivity contribution in [3.63, 3.8) is 0 Å². The Balaban J connectivity index is 1.78. The lowest BCUT2D eigenvalue weighted by atomic mass is 10.5. The summed E-state index contributed by atoms with van der Waals surface area (Å²) in [5.74, 6) is 1.75. The van der Waals surface area contributed by atoms with Crippen molar-refractivity contribution in [1.29, 1.82) is 0 Å². The van der Waals surface area contributed by atoms with Gasteiger partial charge in [0.05, 0.1) is 6.54 Å². The van der Waals surface area contributed by atoms with E-state index in [1.165, 1.54) is 6.42 Å². The maximum atomic E-state index is 4.58. The summed E-state index contributed by atoms with van der Waals surface area (Å²) < 4.78 is 2.15. The summed E-state index contributed by atoms with van der Waals surface area (Å²) >= 11 is 0. The molecule has 0 amide bonds. The van der Waals surface area contributed by atoms with Gasteiger partial charge in [0.15, 0.2) is 5.96 Å². The summed E-state index contributed by atoms with van der Waals surface area (Å²) in [6, 6.07) is 4.71. The first kappa shape index (κ1) is 12.0.